The maximum atomic E-state index is 12.7. The molecule has 122 valence electrons. The molecule has 1 unspecified atom stereocenters. The summed E-state index contributed by atoms with van der Waals surface area (Å²) in [4.78, 5) is 17.0. The minimum absolute atomic E-state index is 0.0741. The van der Waals surface area contributed by atoms with Gasteiger partial charge < -0.3 is 15.4 Å². The zero-order valence-electron chi connectivity index (χ0n) is 13.4. The average molecular weight is 297 g/mol. The second kappa shape index (κ2) is 8.71. The van der Waals surface area contributed by atoms with E-state index in [1.54, 1.807) is 0 Å². The molecule has 21 heavy (non-hydrogen) atoms. The Bertz CT molecular complexity index is 319. The molecule has 2 aliphatic rings. The second-order valence-corrected chi connectivity index (χ2v) is 6.29. The maximum absolute atomic E-state index is 12.7. The van der Waals surface area contributed by atoms with Crippen LogP contribution in [0.2, 0.25) is 0 Å². The Morgan fingerprint density at radius 2 is 2.05 bits per heavy atom. The molecule has 5 heteroatoms. The number of nitrogens with two attached hydrogens (primary N) is 1. The van der Waals surface area contributed by atoms with E-state index in [0.717, 1.165) is 32.7 Å². The van der Waals surface area contributed by atoms with Gasteiger partial charge in [0.05, 0.1) is 12.6 Å². The van der Waals surface area contributed by atoms with Crippen LogP contribution < -0.4 is 5.73 Å². The third-order valence-electron chi connectivity index (χ3n) is 4.73. The van der Waals surface area contributed by atoms with Crippen molar-refractivity contribution in [3.05, 3.63) is 0 Å². The predicted molar refractivity (Wildman–Crippen MR) is 84.1 cm³/mol. The summed E-state index contributed by atoms with van der Waals surface area (Å²) in [6.07, 6.45) is 7.26. The first-order valence-electron chi connectivity index (χ1n) is 8.58. The highest BCUT2D eigenvalue weighted by Gasteiger charge is 2.26. The van der Waals surface area contributed by atoms with Gasteiger partial charge in [0.15, 0.2) is 0 Å². The highest BCUT2D eigenvalue weighted by Crippen LogP contribution is 2.22. The number of ether oxygens (including phenoxy) is 1. The van der Waals surface area contributed by atoms with Gasteiger partial charge in [0.25, 0.3) is 0 Å². The Kier molecular flexibility index (Phi) is 6.93. The molecule has 0 radical (unpaired) electrons. The molecule has 5 nitrogen and oxygen atoms in total. The van der Waals surface area contributed by atoms with E-state index in [0.29, 0.717) is 19.1 Å². The summed E-state index contributed by atoms with van der Waals surface area (Å²) in [5.74, 6) is 0.280. The molecule has 2 rings (SSSR count). The third-order valence-corrected chi connectivity index (χ3v) is 4.73. The number of amides is 1. The molecule has 2 N–H and O–H groups in total. The second-order valence-electron chi connectivity index (χ2n) is 6.29. The van der Waals surface area contributed by atoms with E-state index >= 15 is 0 Å². The highest BCUT2D eigenvalue weighted by molar-refractivity contribution is 5.78. The lowest BCUT2D eigenvalue weighted by Crippen LogP contribution is -2.47. The van der Waals surface area contributed by atoms with Crippen molar-refractivity contribution in [3.8, 4) is 0 Å². The fraction of sp³-hybridized carbons (Fsp3) is 0.938. The van der Waals surface area contributed by atoms with Gasteiger partial charge in [0, 0.05) is 38.8 Å². The lowest BCUT2D eigenvalue weighted by atomic mass is 9.94. The average Bonchev–Trinajstić information content (AvgIpc) is 2.74. The third kappa shape index (κ3) is 4.94. The standard InChI is InChI=1S/C16H31N3O2/c1-2-19(14-7-4-3-5-8-14)16(20)13-18-9-6-10-21-15(11-17)12-18/h14-15H,2-13,17H2,1H3. The number of carbonyl (C=O) groups excluding carboxylic acids is 1. The summed E-state index contributed by atoms with van der Waals surface area (Å²) in [7, 11) is 0. The number of hydrogen-bond donors (Lipinski definition) is 1. The van der Waals surface area contributed by atoms with Crippen molar-refractivity contribution in [1.82, 2.24) is 9.80 Å². The molecule has 1 aliphatic heterocycles. The maximum Gasteiger partial charge on any atom is 0.236 e. The lowest BCUT2D eigenvalue weighted by Gasteiger charge is -2.35. The molecule has 1 amide bonds. The Labute approximate surface area is 128 Å². The molecular weight excluding hydrogens is 266 g/mol. The van der Waals surface area contributed by atoms with Crippen molar-refractivity contribution in [3.63, 3.8) is 0 Å². The molecule has 1 heterocycles. The quantitative estimate of drug-likeness (QED) is 0.829. The van der Waals surface area contributed by atoms with E-state index in [9.17, 15) is 4.79 Å². The summed E-state index contributed by atoms with van der Waals surface area (Å²) in [5, 5.41) is 0. The van der Waals surface area contributed by atoms with Crippen LogP contribution in [0.5, 0.6) is 0 Å². The summed E-state index contributed by atoms with van der Waals surface area (Å²) in [6.45, 7) is 6.45. The Morgan fingerprint density at radius 3 is 2.71 bits per heavy atom. The first-order chi connectivity index (χ1) is 10.2. The topological polar surface area (TPSA) is 58.8 Å². The van der Waals surface area contributed by atoms with Gasteiger partial charge in [-0.3, -0.25) is 9.69 Å². The molecule has 0 spiro atoms. The number of rotatable bonds is 5. The van der Waals surface area contributed by atoms with Gasteiger partial charge in [-0.15, -0.1) is 0 Å². The van der Waals surface area contributed by atoms with Gasteiger partial charge in [-0.1, -0.05) is 19.3 Å². The van der Waals surface area contributed by atoms with E-state index in [1.165, 1.54) is 32.1 Å². The molecule has 0 aromatic heterocycles. The SMILES string of the molecule is CCN(C(=O)CN1CCCOC(CN)C1)C1CCCCC1. The van der Waals surface area contributed by atoms with Crippen molar-refractivity contribution in [2.24, 2.45) is 5.73 Å². The van der Waals surface area contributed by atoms with Crippen LogP contribution >= 0.6 is 0 Å². The van der Waals surface area contributed by atoms with Crippen molar-refractivity contribution < 1.29 is 9.53 Å². The fourth-order valence-corrected chi connectivity index (χ4v) is 3.57. The van der Waals surface area contributed by atoms with E-state index in [-0.39, 0.29) is 12.0 Å². The number of hydrogen-bond acceptors (Lipinski definition) is 4. The number of nitrogens with zero attached hydrogens (tertiary/aromatic N) is 2. The molecule has 1 saturated carbocycles. The summed E-state index contributed by atoms with van der Waals surface area (Å²) >= 11 is 0. The zero-order valence-corrected chi connectivity index (χ0v) is 13.4. The van der Waals surface area contributed by atoms with E-state index in [1.807, 2.05) is 0 Å². The van der Waals surface area contributed by atoms with Crippen molar-refractivity contribution in [1.29, 1.82) is 0 Å². The molecule has 0 bridgehead atoms. The molecule has 0 aromatic rings. The van der Waals surface area contributed by atoms with Gasteiger partial charge in [0.2, 0.25) is 5.91 Å². The molecule has 0 aromatic carbocycles. The van der Waals surface area contributed by atoms with Crippen LogP contribution in [0.1, 0.15) is 45.4 Å². The van der Waals surface area contributed by atoms with E-state index in [2.05, 4.69) is 16.7 Å². The van der Waals surface area contributed by atoms with Gasteiger partial charge in [0.1, 0.15) is 0 Å². The van der Waals surface area contributed by atoms with E-state index in [4.69, 9.17) is 10.5 Å². The smallest absolute Gasteiger partial charge is 0.236 e. The Balaban J connectivity index is 1.88. The Morgan fingerprint density at radius 1 is 1.29 bits per heavy atom. The number of carbonyl (C=O) groups is 1. The molecule has 1 saturated heterocycles. The first kappa shape index (κ1) is 16.7. The van der Waals surface area contributed by atoms with Crippen molar-refractivity contribution in [2.75, 3.05) is 39.3 Å². The van der Waals surface area contributed by atoms with Crippen LogP contribution in [0.4, 0.5) is 0 Å². The largest absolute Gasteiger partial charge is 0.376 e. The van der Waals surface area contributed by atoms with E-state index < -0.39 is 0 Å². The molecule has 2 fully saturated rings. The van der Waals surface area contributed by atoms with Gasteiger partial charge in [-0.25, -0.2) is 0 Å². The van der Waals surface area contributed by atoms with Crippen LogP contribution in [-0.4, -0.2) is 67.2 Å². The minimum Gasteiger partial charge on any atom is -0.376 e. The summed E-state index contributed by atoms with van der Waals surface area (Å²) in [6, 6.07) is 0.463. The van der Waals surface area contributed by atoms with Crippen molar-refractivity contribution in [2.45, 2.75) is 57.6 Å². The minimum atomic E-state index is 0.0741. The summed E-state index contributed by atoms with van der Waals surface area (Å²) in [5.41, 5.74) is 5.72. The van der Waals surface area contributed by atoms with Gasteiger partial charge >= 0.3 is 0 Å². The normalized spacial score (nSPS) is 25.5. The first-order valence-corrected chi connectivity index (χ1v) is 8.58. The van der Waals surface area contributed by atoms with Crippen LogP contribution in [0, 0.1) is 0 Å². The van der Waals surface area contributed by atoms with Crippen LogP contribution in [0.15, 0.2) is 0 Å². The van der Waals surface area contributed by atoms with Crippen LogP contribution in [0.3, 0.4) is 0 Å². The van der Waals surface area contributed by atoms with Gasteiger partial charge in [-0.2, -0.15) is 0 Å². The summed E-state index contributed by atoms with van der Waals surface area (Å²) < 4.78 is 5.68. The fourth-order valence-electron chi connectivity index (χ4n) is 3.57. The predicted octanol–water partition coefficient (Wildman–Crippen LogP) is 1.22. The molecule has 1 atom stereocenters. The monoisotopic (exact) mass is 297 g/mol. The highest BCUT2D eigenvalue weighted by atomic mass is 16.5. The lowest BCUT2D eigenvalue weighted by molar-refractivity contribution is -0.135. The number of likely N-dealkylation sites (N-methyl/N-ethyl adjacent to an activating group) is 1. The van der Waals surface area contributed by atoms with Crippen LogP contribution in [-0.2, 0) is 9.53 Å². The zero-order chi connectivity index (χ0) is 15.1. The molecular formula is C16H31N3O2. The Hall–Kier alpha value is -0.650. The van der Waals surface area contributed by atoms with Crippen molar-refractivity contribution >= 4 is 5.91 Å². The van der Waals surface area contributed by atoms with Crippen LogP contribution in [0.25, 0.3) is 0 Å². The van der Waals surface area contributed by atoms with Gasteiger partial charge in [-0.05, 0) is 26.2 Å². The molecule has 1 aliphatic carbocycles.